The molecule has 1 atom stereocenters. The number of Topliss-reactive ketones (excluding diaryl/α,β-unsaturated/α-hetero) is 1. The van der Waals surface area contributed by atoms with E-state index in [9.17, 15) is 14.0 Å². The van der Waals surface area contributed by atoms with E-state index in [4.69, 9.17) is 4.74 Å². The molecule has 1 N–H and O–H groups in total. The summed E-state index contributed by atoms with van der Waals surface area (Å²) in [5.74, 6) is -2.07. The van der Waals surface area contributed by atoms with Gasteiger partial charge in [-0.1, -0.05) is 30.3 Å². The summed E-state index contributed by atoms with van der Waals surface area (Å²) in [6.07, 6.45) is 2.25. The maximum atomic E-state index is 15.3. The quantitative estimate of drug-likeness (QED) is 0.300. The number of anilines is 3. The Hall–Kier alpha value is -4.80. The minimum absolute atomic E-state index is 0.103. The minimum atomic E-state index is -0.946. The van der Waals surface area contributed by atoms with Gasteiger partial charge in [-0.05, 0) is 18.6 Å². The molecule has 1 saturated heterocycles. The molecule has 40 heavy (non-hydrogen) atoms. The molecule has 0 radical (unpaired) electrons. The molecular weight excluding hydrogens is 518 g/mol. The Bertz CT molecular complexity index is 1610. The SMILES string of the molecule is Cc1cc(-c2ccccc2)c(C(=O)C(=O)Nc2cc3c(cc2F)N2CCN(c4ncc(F)cn4)CC2CO3)n1C. The van der Waals surface area contributed by atoms with Crippen LogP contribution in [0.2, 0.25) is 0 Å². The van der Waals surface area contributed by atoms with E-state index < -0.39 is 23.3 Å². The molecule has 9 nitrogen and oxygen atoms in total. The number of ketones is 1. The van der Waals surface area contributed by atoms with Gasteiger partial charge in [0.25, 0.3) is 11.7 Å². The number of nitrogens with one attached hydrogen (secondary N) is 1. The molecular formula is C29H26F2N6O3. The fourth-order valence-electron chi connectivity index (χ4n) is 5.26. The second-order valence-corrected chi connectivity index (χ2v) is 9.86. The summed E-state index contributed by atoms with van der Waals surface area (Å²) in [5.41, 5.74) is 2.89. The van der Waals surface area contributed by atoms with Crippen molar-refractivity contribution in [3.05, 3.63) is 83.9 Å². The van der Waals surface area contributed by atoms with Crippen LogP contribution in [0.15, 0.2) is 60.9 Å². The zero-order chi connectivity index (χ0) is 28.0. The van der Waals surface area contributed by atoms with Crippen molar-refractivity contribution in [3.63, 3.8) is 0 Å². The third-order valence-electron chi connectivity index (χ3n) is 7.39. The highest BCUT2D eigenvalue weighted by atomic mass is 19.1. The summed E-state index contributed by atoms with van der Waals surface area (Å²) in [6, 6.07) is 13.8. The van der Waals surface area contributed by atoms with Gasteiger partial charge in [0.1, 0.15) is 23.9 Å². The molecule has 11 heteroatoms. The van der Waals surface area contributed by atoms with Gasteiger partial charge in [-0.15, -0.1) is 0 Å². The smallest absolute Gasteiger partial charge is 0.298 e. The number of ether oxygens (including phenoxy) is 1. The standard InChI is InChI=1S/C29H26F2N6O3/c1-17-10-21(18-6-4-3-5-7-18)26(35(17)2)27(38)28(39)34-23-12-25-24(11-22(23)31)37-9-8-36(15-20(37)16-40-25)29-32-13-19(30)14-33-29/h3-7,10-14,20H,8-9,15-16H2,1-2H3,(H,34,39). The second kappa shape index (κ2) is 10.1. The third kappa shape index (κ3) is 4.53. The van der Waals surface area contributed by atoms with Crippen LogP contribution >= 0.6 is 0 Å². The summed E-state index contributed by atoms with van der Waals surface area (Å²) in [4.78, 5) is 38.4. The molecule has 2 aromatic carbocycles. The number of rotatable bonds is 5. The molecule has 0 bridgehead atoms. The van der Waals surface area contributed by atoms with E-state index in [0.717, 1.165) is 23.7 Å². The van der Waals surface area contributed by atoms with Crippen molar-refractivity contribution in [2.24, 2.45) is 7.05 Å². The van der Waals surface area contributed by atoms with Crippen LogP contribution in [-0.2, 0) is 11.8 Å². The van der Waals surface area contributed by atoms with Crippen LogP contribution in [0.1, 0.15) is 16.2 Å². The summed E-state index contributed by atoms with van der Waals surface area (Å²) in [5, 5.41) is 2.45. The average molecular weight is 545 g/mol. The lowest BCUT2D eigenvalue weighted by atomic mass is 10.0. The predicted molar refractivity (Wildman–Crippen MR) is 146 cm³/mol. The lowest BCUT2D eigenvalue weighted by Crippen LogP contribution is -2.57. The minimum Gasteiger partial charge on any atom is -0.489 e. The van der Waals surface area contributed by atoms with Gasteiger partial charge >= 0.3 is 0 Å². The summed E-state index contributed by atoms with van der Waals surface area (Å²) in [6.45, 7) is 3.77. The number of halogens is 2. The molecule has 1 fully saturated rings. The Morgan fingerprint density at radius 3 is 2.55 bits per heavy atom. The number of piperazine rings is 1. The zero-order valence-electron chi connectivity index (χ0n) is 21.9. The van der Waals surface area contributed by atoms with Gasteiger partial charge in [-0.25, -0.2) is 18.7 Å². The van der Waals surface area contributed by atoms with Crippen LogP contribution < -0.4 is 19.9 Å². The maximum Gasteiger partial charge on any atom is 0.298 e. The fourth-order valence-corrected chi connectivity index (χ4v) is 5.26. The Labute approximate surface area is 229 Å². The van der Waals surface area contributed by atoms with Crippen molar-refractivity contribution >= 4 is 29.0 Å². The molecule has 4 aromatic rings. The molecule has 1 amide bonds. The number of carbonyl (C=O) groups excluding carboxylic acids is 2. The van der Waals surface area contributed by atoms with Crippen molar-refractivity contribution in [3.8, 4) is 16.9 Å². The molecule has 2 aliphatic rings. The Balaban J connectivity index is 1.21. The number of benzene rings is 2. The van der Waals surface area contributed by atoms with Gasteiger partial charge in [0.15, 0.2) is 5.82 Å². The number of fused-ring (bicyclic) bond motifs is 3. The largest absolute Gasteiger partial charge is 0.489 e. The molecule has 6 rings (SSSR count). The Kier molecular flexibility index (Phi) is 6.41. The van der Waals surface area contributed by atoms with Gasteiger partial charge < -0.3 is 24.4 Å². The number of hydrogen-bond donors (Lipinski definition) is 1. The molecule has 2 aromatic heterocycles. The van der Waals surface area contributed by atoms with E-state index >= 15 is 4.39 Å². The number of amides is 1. The fraction of sp³-hybridized carbons (Fsp3) is 0.241. The van der Waals surface area contributed by atoms with Crippen molar-refractivity contribution in [2.45, 2.75) is 13.0 Å². The van der Waals surface area contributed by atoms with Crippen molar-refractivity contribution in [1.29, 1.82) is 0 Å². The van der Waals surface area contributed by atoms with Crippen molar-refractivity contribution in [2.75, 3.05) is 41.4 Å². The molecule has 2 aliphatic heterocycles. The Morgan fingerprint density at radius 1 is 1.05 bits per heavy atom. The molecule has 1 unspecified atom stereocenters. The van der Waals surface area contributed by atoms with E-state index in [1.54, 1.807) is 11.6 Å². The van der Waals surface area contributed by atoms with E-state index in [1.165, 1.54) is 12.1 Å². The highest BCUT2D eigenvalue weighted by molar-refractivity contribution is 6.47. The molecule has 0 aliphatic carbocycles. The summed E-state index contributed by atoms with van der Waals surface area (Å²) < 4.78 is 36.1. The molecule has 204 valence electrons. The predicted octanol–water partition coefficient (Wildman–Crippen LogP) is 3.98. The van der Waals surface area contributed by atoms with Crippen molar-refractivity contribution < 1.29 is 23.1 Å². The number of nitrogens with zero attached hydrogens (tertiary/aromatic N) is 5. The summed E-state index contributed by atoms with van der Waals surface area (Å²) in [7, 11) is 1.72. The number of aromatic nitrogens is 3. The van der Waals surface area contributed by atoms with E-state index in [2.05, 4.69) is 15.3 Å². The lowest BCUT2D eigenvalue weighted by molar-refractivity contribution is -0.112. The molecule has 0 spiro atoms. The van der Waals surface area contributed by atoms with E-state index in [0.29, 0.717) is 49.2 Å². The first-order valence-corrected chi connectivity index (χ1v) is 12.8. The van der Waals surface area contributed by atoms with Gasteiger partial charge in [0.05, 0.1) is 29.8 Å². The first kappa shape index (κ1) is 25.5. The Morgan fingerprint density at radius 2 is 1.80 bits per heavy atom. The van der Waals surface area contributed by atoms with Gasteiger partial charge in [-0.3, -0.25) is 9.59 Å². The van der Waals surface area contributed by atoms with Crippen LogP contribution in [-0.4, -0.2) is 58.5 Å². The highest BCUT2D eigenvalue weighted by Gasteiger charge is 2.35. The van der Waals surface area contributed by atoms with E-state index in [-0.39, 0.29) is 17.4 Å². The van der Waals surface area contributed by atoms with Gasteiger partial charge in [0.2, 0.25) is 5.95 Å². The van der Waals surface area contributed by atoms with E-state index in [1.807, 2.05) is 53.1 Å². The number of hydrogen-bond acceptors (Lipinski definition) is 7. The van der Waals surface area contributed by atoms with Crippen LogP contribution in [0.5, 0.6) is 5.75 Å². The van der Waals surface area contributed by atoms with Crippen LogP contribution in [0.3, 0.4) is 0 Å². The average Bonchev–Trinajstić information content (AvgIpc) is 3.27. The summed E-state index contributed by atoms with van der Waals surface area (Å²) >= 11 is 0. The van der Waals surface area contributed by atoms with Crippen molar-refractivity contribution in [1.82, 2.24) is 14.5 Å². The zero-order valence-corrected chi connectivity index (χ0v) is 21.9. The normalized spacial score (nSPS) is 16.1. The molecule has 0 saturated carbocycles. The lowest BCUT2D eigenvalue weighted by Gasteiger charge is -2.45. The highest BCUT2D eigenvalue weighted by Crippen LogP contribution is 2.39. The third-order valence-corrected chi connectivity index (χ3v) is 7.39. The monoisotopic (exact) mass is 544 g/mol. The first-order valence-electron chi connectivity index (χ1n) is 12.8. The number of aryl methyl sites for hydroxylation is 1. The van der Waals surface area contributed by atoms with Crippen LogP contribution in [0.4, 0.5) is 26.1 Å². The van der Waals surface area contributed by atoms with Crippen LogP contribution in [0.25, 0.3) is 11.1 Å². The topological polar surface area (TPSA) is 92.6 Å². The first-order chi connectivity index (χ1) is 19.3. The maximum absolute atomic E-state index is 15.3. The number of carbonyl (C=O) groups is 2. The second-order valence-electron chi connectivity index (χ2n) is 9.86. The van der Waals surface area contributed by atoms with Crippen LogP contribution in [0, 0.1) is 18.6 Å². The van der Waals surface area contributed by atoms with Gasteiger partial charge in [0, 0.05) is 50.1 Å². The molecule has 4 heterocycles. The van der Waals surface area contributed by atoms with Gasteiger partial charge in [-0.2, -0.15) is 0 Å².